The first-order chi connectivity index (χ1) is 16.8. The number of nitrogens with zero attached hydrogens (tertiary/aromatic N) is 3. The number of anilines is 3. The van der Waals surface area contributed by atoms with Crippen molar-refractivity contribution in [2.75, 3.05) is 35.8 Å². The Hall–Kier alpha value is -3.59. The second-order valence-corrected chi connectivity index (χ2v) is 9.90. The Bertz CT molecular complexity index is 1270. The minimum atomic E-state index is -0.181. The fourth-order valence-electron chi connectivity index (χ4n) is 3.84. The molecule has 0 saturated carbocycles. The van der Waals surface area contributed by atoms with Crippen LogP contribution in [0.2, 0.25) is 0 Å². The van der Waals surface area contributed by atoms with Gasteiger partial charge in [-0.2, -0.15) is 0 Å². The van der Waals surface area contributed by atoms with Crippen LogP contribution in [0, 0.1) is 12.3 Å². The molecule has 4 rings (SSSR count). The Kier molecular flexibility index (Phi) is 7.25. The van der Waals surface area contributed by atoms with E-state index in [0.29, 0.717) is 23.0 Å². The average Bonchev–Trinajstić information content (AvgIpc) is 3.23. The summed E-state index contributed by atoms with van der Waals surface area (Å²) in [5.74, 6) is 0.599. The van der Waals surface area contributed by atoms with Crippen LogP contribution < -0.4 is 21.3 Å². The molecule has 35 heavy (non-hydrogen) atoms. The molecule has 2 aromatic heterocycles. The molecule has 0 saturated heterocycles. The first-order valence-electron chi connectivity index (χ1n) is 11.4. The van der Waals surface area contributed by atoms with Gasteiger partial charge >= 0.3 is 0 Å². The van der Waals surface area contributed by atoms with Crippen LogP contribution in [0.25, 0.3) is 5.70 Å². The molecule has 0 spiro atoms. The van der Waals surface area contributed by atoms with Gasteiger partial charge in [-0.25, -0.2) is 9.97 Å². The molecule has 0 atom stereocenters. The maximum atomic E-state index is 13.0. The Morgan fingerprint density at radius 1 is 1.20 bits per heavy atom. The number of rotatable bonds is 8. The molecule has 1 aromatic carbocycles. The normalized spacial score (nSPS) is 14.1. The van der Waals surface area contributed by atoms with Gasteiger partial charge in [0.25, 0.3) is 5.91 Å². The van der Waals surface area contributed by atoms with Gasteiger partial charge in [0.05, 0.1) is 23.3 Å². The molecule has 0 radical (unpaired) electrons. The topological polar surface area (TPSA) is 104 Å². The van der Waals surface area contributed by atoms with E-state index >= 15 is 0 Å². The molecule has 3 aromatic rings. The first kappa shape index (κ1) is 24.5. The molecule has 4 N–H and O–H groups in total. The lowest BCUT2D eigenvalue weighted by Gasteiger charge is -2.14. The summed E-state index contributed by atoms with van der Waals surface area (Å²) in [4.78, 5) is 26.3. The van der Waals surface area contributed by atoms with E-state index in [1.165, 1.54) is 11.8 Å². The number of aromatic nitrogens is 3. The number of nitrogens with one attached hydrogen (secondary N) is 4. The molecular weight excluding hydrogens is 458 g/mol. The Morgan fingerprint density at radius 3 is 2.74 bits per heavy atom. The number of benzene rings is 1. The van der Waals surface area contributed by atoms with E-state index in [9.17, 15) is 4.79 Å². The minimum absolute atomic E-state index is 0.0989. The van der Waals surface area contributed by atoms with E-state index in [1.54, 1.807) is 6.20 Å². The highest BCUT2D eigenvalue weighted by atomic mass is 32.2. The van der Waals surface area contributed by atoms with Crippen molar-refractivity contribution < 1.29 is 4.79 Å². The van der Waals surface area contributed by atoms with Crippen molar-refractivity contribution in [3.8, 4) is 0 Å². The Morgan fingerprint density at radius 2 is 2.03 bits per heavy atom. The average molecular weight is 490 g/mol. The predicted molar refractivity (Wildman–Crippen MR) is 144 cm³/mol. The summed E-state index contributed by atoms with van der Waals surface area (Å²) in [6.45, 7) is 7.70. The second kappa shape index (κ2) is 10.4. The SMILES string of the molecule is CNc1nc(SC)ncc1CNc1cc(NC(=O)c2cccc(C3=CC(C)(C)CN3)c2)cnc1C. The summed E-state index contributed by atoms with van der Waals surface area (Å²) in [5, 5.41) is 13.6. The number of aryl methyl sites for hydroxylation is 1. The van der Waals surface area contributed by atoms with Gasteiger partial charge in [0.2, 0.25) is 0 Å². The zero-order chi connectivity index (χ0) is 25.0. The van der Waals surface area contributed by atoms with Gasteiger partial charge in [0, 0.05) is 48.6 Å². The van der Waals surface area contributed by atoms with Crippen LogP contribution in [0.4, 0.5) is 17.2 Å². The zero-order valence-electron chi connectivity index (χ0n) is 20.7. The number of hydrogen-bond donors (Lipinski definition) is 4. The summed E-state index contributed by atoms with van der Waals surface area (Å²) >= 11 is 1.50. The van der Waals surface area contributed by atoms with Crippen LogP contribution in [0.15, 0.2) is 54.0 Å². The van der Waals surface area contributed by atoms with Crippen LogP contribution in [0.5, 0.6) is 0 Å². The zero-order valence-corrected chi connectivity index (χ0v) is 21.5. The lowest BCUT2D eigenvalue weighted by Crippen LogP contribution is -2.17. The summed E-state index contributed by atoms with van der Waals surface area (Å²) in [6, 6.07) is 9.54. The third kappa shape index (κ3) is 5.92. The van der Waals surface area contributed by atoms with E-state index < -0.39 is 0 Å². The first-order valence-corrected chi connectivity index (χ1v) is 12.7. The molecule has 1 aliphatic heterocycles. The number of pyridine rings is 1. The molecule has 0 aliphatic carbocycles. The van der Waals surface area contributed by atoms with Gasteiger partial charge in [-0.3, -0.25) is 9.78 Å². The van der Waals surface area contributed by atoms with Crippen molar-refractivity contribution in [2.45, 2.75) is 32.5 Å². The highest BCUT2D eigenvalue weighted by Crippen LogP contribution is 2.29. The fourth-order valence-corrected chi connectivity index (χ4v) is 4.18. The molecular formula is C26H31N7OS. The summed E-state index contributed by atoms with van der Waals surface area (Å²) < 4.78 is 0. The van der Waals surface area contributed by atoms with E-state index in [0.717, 1.165) is 40.6 Å². The Balaban J connectivity index is 1.47. The third-order valence-electron chi connectivity index (χ3n) is 5.78. The number of amides is 1. The van der Waals surface area contributed by atoms with Gasteiger partial charge in [-0.15, -0.1) is 0 Å². The predicted octanol–water partition coefficient (Wildman–Crippen LogP) is 4.78. The minimum Gasteiger partial charge on any atom is -0.384 e. The molecule has 1 aliphatic rings. The van der Waals surface area contributed by atoms with Crippen molar-refractivity contribution >= 4 is 40.6 Å². The van der Waals surface area contributed by atoms with Gasteiger partial charge in [-0.1, -0.05) is 43.8 Å². The number of hydrogen-bond acceptors (Lipinski definition) is 8. The summed E-state index contributed by atoms with van der Waals surface area (Å²) in [7, 11) is 1.84. The number of thioether (sulfide) groups is 1. The van der Waals surface area contributed by atoms with Crippen LogP contribution in [0.1, 0.15) is 41.0 Å². The van der Waals surface area contributed by atoms with Crippen molar-refractivity contribution in [1.29, 1.82) is 0 Å². The molecule has 0 bridgehead atoms. The highest BCUT2D eigenvalue weighted by molar-refractivity contribution is 7.98. The largest absolute Gasteiger partial charge is 0.384 e. The third-order valence-corrected chi connectivity index (χ3v) is 6.34. The fraction of sp³-hybridized carbons (Fsp3) is 0.308. The van der Waals surface area contributed by atoms with Crippen molar-refractivity contribution in [3.05, 3.63) is 71.2 Å². The molecule has 9 heteroatoms. The quantitative estimate of drug-likeness (QED) is 0.265. The number of carbonyl (C=O) groups is 1. The van der Waals surface area contributed by atoms with Gasteiger partial charge in [0.15, 0.2) is 5.16 Å². The van der Waals surface area contributed by atoms with Crippen molar-refractivity contribution in [3.63, 3.8) is 0 Å². The standard InChI is InChI=1S/C26H31N7OS/c1-16-21(29-12-19-13-30-25(35-5)33-23(19)27-4)10-20(14-28-16)32-24(34)18-8-6-7-17(9-18)22-11-26(2,3)15-31-22/h6-11,13-14,29,31H,12,15H2,1-5H3,(H,32,34)(H,27,30,33). The van der Waals surface area contributed by atoms with Crippen molar-refractivity contribution in [1.82, 2.24) is 20.3 Å². The molecule has 8 nitrogen and oxygen atoms in total. The lowest BCUT2D eigenvalue weighted by atomic mass is 9.95. The van der Waals surface area contributed by atoms with Gasteiger partial charge in [0.1, 0.15) is 5.82 Å². The summed E-state index contributed by atoms with van der Waals surface area (Å²) in [5.41, 5.74) is 5.97. The van der Waals surface area contributed by atoms with Crippen LogP contribution in [-0.2, 0) is 6.54 Å². The van der Waals surface area contributed by atoms with E-state index in [2.05, 4.69) is 56.1 Å². The number of carbonyl (C=O) groups excluding carboxylic acids is 1. The smallest absolute Gasteiger partial charge is 0.255 e. The van der Waals surface area contributed by atoms with E-state index in [1.807, 2.05) is 56.8 Å². The molecule has 1 amide bonds. The molecule has 0 unspecified atom stereocenters. The van der Waals surface area contributed by atoms with E-state index in [4.69, 9.17) is 0 Å². The van der Waals surface area contributed by atoms with Gasteiger partial charge < -0.3 is 21.3 Å². The highest BCUT2D eigenvalue weighted by Gasteiger charge is 2.23. The second-order valence-electron chi connectivity index (χ2n) is 9.13. The molecule has 0 fully saturated rings. The van der Waals surface area contributed by atoms with Crippen LogP contribution in [0.3, 0.4) is 0 Å². The Labute approximate surface area is 210 Å². The maximum Gasteiger partial charge on any atom is 0.255 e. The van der Waals surface area contributed by atoms with Crippen molar-refractivity contribution in [2.24, 2.45) is 5.41 Å². The van der Waals surface area contributed by atoms with Crippen LogP contribution >= 0.6 is 11.8 Å². The van der Waals surface area contributed by atoms with Crippen LogP contribution in [-0.4, -0.2) is 40.7 Å². The molecule has 182 valence electrons. The maximum absolute atomic E-state index is 13.0. The van der Waals surface area contributed by atoms with E-state index in [-0.39, 0.29) is 11.3 Å². The lowest BCUT2D eigenvalue weighted by molar-refractivity contribution is 0.102. The molecule has 3 heterocycles. The summed E-state index contributed by atoms with van der Waals surface area (Å²) in [6.07, 6.45) is 7.64. The monoisotopic (exact) mass is 489 g/mol. The van der Waals surface area contributed by atoms with Gasteiger partial charge in [-0.05, 0) is 36.9 Å².